The predicted octanol–water partition coefficient (Wildman–Crippen LogP) is -1.29. The van der Waals surface area contributed by atoms with E-state index in [-0.39, 0.29) is 57.1 Å². The summed E-state index contributed by atoms with van der Waals surface area (Å²) >= 11 is 5.44. The number of halogens is 1. The van der Waals surface area contributed by atoms with E-state index >= 15 is 0 Å². The molecule has 0 saturated heterocycles. The number of benzene rings is 1. The van der Waals surface area contributed by atoms with Crippen molar-refractivity contribution in [2.45, 2.75) is 6.92 Å². The fraction of sp³-hybridized carbons (Fsp3) is 0.111. The van der Waals surface area contributed by atoms with Crippen LogP contribution in [0.4, 0.5) is 5.69 Å². The Morgan fingerprint density at radius 2 is 1.94 bits per heavy atom. The Morgan fingerprint density at radius 1 is 1.47 bits per heavy atom. The molecule has 0 amide bonds. The van der Waals surface area contributed by atoms with Gasteiger partial charge in [0.05, 0.1) is 0 Å². The summed E-state index contributed by atoms with van der Waals surface area (Å²) in [5.74, 6) is -2.20. The van der Waals surface area contributed by atoms with Gasteiger partial charge in [-0.15, -0.1) is 17.7 Å². The summed E-state index contributed by atoms with van der Waals surface area (Å²) in [7, 11) is 0. The fourth-order valence-electron chi connectivity index (χ4n) is 0.511. The first kappa shape index (κ1) is 19.0. The molecule has 0 fully saturated rings. The molecule has 0 unspecified atom stereocenters. The van der Waals surface area contributed by atoms with E-state index in [4.69, 9.17) is 16.7 Å². The number of nitro groups is 1. The van der Waals surface area contributed by atoms with E-state index < -0.39 is 16.7 Å². The van der Waals surface area contributed by atoms with Gasteiger partial charge in [-0.1, -0.05) is 17.2 Å². The average molecular weight is 284 g/mol. The number of carbonyl (C=O) groups is 2. The molecule has 0 saturated carbocycles. The van der Waals surface area contributed by atoms with Gasteiger partial charge in [0.25, 0.3) is 0 Å². The molecule has 86 valence electrons. The number of hydrogen-bond acceptors (Lipinski definition) is 4. The molecule has 1 rings (SSSR count). The normalized spacial score (nSPS) is 8.12. The van der Waals surface area contributed by atoms with Crippen molar-refractivity contribution >= 4 is 29.0 Å². The Hall–Kier alpha value is -0.314. The summed E-state index contributed by atoms with van der Waals surface area (Å²) in [5.41, 5.74) is 0.00407. The topological polar surface area (TPSA) is 97.5 Å². The zero-order chi connectivity index (χ0) is 12.7. The zero-order valence-corrected chi connectivity index (χ0v) is 13.0. The third kappa shape index (κ3) is 9.39. The Balaban J connectivity index is 0. The monoisotopic (exact) mass is 283 g/mol. The molecule has 0 heterocycles. The number of nitro benzene ring substituents is 1. The van der Waals surface area contributed by atoms with Crippen LogP contribution in [0.3, 0.4) is 0 Å². The second-order valence-corrected chi connectivity index (χ2v) is 2.92. The SMILES string of the molecule is CC(=O)C(=O)O.O=[N+]([O-])c1c[c-]c(Cl)cc1.[K+]. The molecule has 0 aromatic heterocycles. The summed E-state index contributed by atoms with van der Waals surface area (Å²) in [6, 6.07) is 6.51. The van der Waals surface area contributed by atoms with Crippen LogP contribution in [-0.2, 0) is 9.59 Å². The Morgan fingerprint density at radius 3 is 2.18 bits per heavy atom. The van der Waals surface area contributed by atoms with E-state index in [9.17, 15) is 19.7 Å². The number of carboxylic acids is 1. The number of Topliss-reactive ketones (excluding diaryl/α,β-unsaturated/α-hetero) is 1. The maximum Gasteiger partial charge on any atom is 1.00 e. The van der Waals surface area contributed by atoms with Crippen LogP contribution in [-0.4, -0.2) is 21.8 Å². The maximum atomic E-state index is 10.1. The van der Waals surface area contributed by atoms with E-state index in [1.165, 1.54) is 18.2 Å². The van der Waals surface area contributed by atoms with E-state index in [2.05, 4.69) is 6.07 Å². The van der Waals surface area contributed by atoms with Gasteiger partial charge < -0.3 is 5.11 Å². The molecule has 1 N–H and O–H groups in total. The van der Waals surface area contributed by atoms with E-state index in [1.807, 2.05) is 0 Å². The molecule has 8 heteroatoms. The van der Waals surface area contributed by atoms with Crippen LogP contribution in [0.1, 0.15) is 6.92 Å². The van der Waals surface area contributed by atoms with Gasteiger partial charge in [0.2, 0.25) is 5.78 Å². The van der Waals surface area contributed by atoms with Gasteiger partial charge in [-0.2, -0.15) is 6.07 Å². The molecular weight excluding hydrogens is 277 g/mol. The van der Waals surface area contributed by atoms with E-state index in [0.29, 0.717) is 5.02 Å². The minimum atomic E-state index is -1.38. The van der Waals surface area contributed by atoms with Gasteiger partial charge in [0.15, 0.2) is 5.69 Å². The van der Waals surface area contributed by atoms with Crippen molar-refractivity contribution in [2.24, 2.45) is 0 Å². The van der Waals surface area contributed by atoms with Crippen LogP contribution in [0.5, 0.6) is 0 Å². The third-order valence-electron chi connectivity index (χ3n) is 1.27. The molecule has 0 spiro atoms. The van der Waals surface area contributed by atoms with Crippen molar-refractivity contribution < 1.29 is 71.0 Å². The summed E-state index contributed by atoms with van der Waals surface area (Å²) in [5, 5.41) is 18.1. The molecular formula is C9H7ClKNO5. The van der Waals surface area contributed by atoms with Crippen LogP contribution in [0, 0.1) is 16.2 Å². The Bertz CT molecular complexity index is 394. The number of non-ortho nitro benzene ring substituents is 1. The second kappa shape index (κ2) is 9.69. The van der Waals surface area contributed by atoms with Crippen LogP contribution in [0.25, 0.3) is 0 Å². The molecule has 0 radical (unpaired) electrons. The molecule has 0 atom stereocenters. The van der Waals surface area contributed by atoms with Crippen LogP contribution in [0.15, 0.2) is 18.2 Å². The molecule has 1 aromatic carbocycles. The summed E-state index contributed by atoms with van der Waals surface area (Å²) in [6.45, 7) is 1.00. The largest absolute Gasteiger partial charge is 1.00 e. The number of carbonyl (C=O) groups excluding carboxylic acids is 1. The van der Waals surface area contributed by atoms with Crippen molar-refractivity contribution in [3.05, 3.63) is 39.4 Å². The quantitative estimate of drug-likeness (QED) is 0.239. The predicted molar refractivity (Wildman–Crippen MR) is 55.3 cm³/mol. The number of aliphatic carboxylic acids is 1. The number of rotatable bonds is 2. The molecule has 1 aromatic rings. The molecule has 0 aliphatic carbocycles. The standard InChI is InChI=1S/C6H3ClNO2.C3H4O3.K/c7-5-1-3-6(4-2-5)8(9)10;1-2(4)3(5)6;/h1,3-4H;1H3,(H,5,6);/q-1;;+1. The first-order valence-electron chi connectivity index (χ1n) is 3.90. The van der Waals surface area contributed by atoms with Crippen LogP contribution in [0.2, 0.25) is 5.02 Å². The summed E-state index contributed by atoms with van der Waals surface area (Å²) < 4.78 is 0. The number of ketones is 1. The summed E-state index contributed by atoms with van der Waals surface area (Å²) in [4.78, 5) is 28.5. The van der Waals surface area contributed by atoms with E-state index in [1.54, 1.807) is 0 Å². The first-order valence-corrected chi connectivity index (χ1v) is 4.28. The van der Waals surface area contributed by atoms with Gasteiger partial charge in [-0.3, -0.25) is 14.9 Å². The third-order valence-corrected chi connectivity index (χ3v) is 1.51. The minimum absolute atomic E-state index is 0. The molecule has 6 nitrogen and oxygen atoms in total. The molecule has 0 bridgehead atoms. The Kier molecular flexibility index (Phi) is 10.9. The van der Waals surface area contributed by atoms with Crippen molar-refractivity contribution in [2.75, 3.05) is 0 Å². The number of hydrogen-bond donors (Lipinski definition) is 1. The smallest absolute Gasteiger partial charge is 0.476 e. The van der Waals surface area contributed by atoms with Gasteiger partial charge >= 0.3 is 57.4 Å². The fourth-order valence-corrected chi connectivity index (χ4v) is 0.629. The summed E-state index contributed by atoms with van der Waals surface area (Å²) in [6.07, 6.45) is 0. The van der Waals surface area contributed by atoms with Gasteiger partial charge in [0.1, 0.15) is 0 Å². The first-order chi connectivity index (χ1) is 7.34. The van der Waals surface area contributed by atoms with Crippen molar-refractivity contribution in [3.63, 3.8) is 0 Å². The van der Waals surface area contributed by atoms with Gasteiger partial charge in [0, 0.05) is 11.8 Å². The number of carboxylic acid groups (broad SMARTS) is 1. The van der Waals surface area contributed by atoms with Crippen molar-refractivity contribution in [1.29, 1.82) is 0 Å². The van der Waals surface area contributed by atoms with Crippen molar-refractivity contribution in [3.8, 4) is 0 Å². The molecule has 0 aliphatic heterocycles. The molecule has 0 aliphatic rings. The number of nitrogens with zero attached hydrogens (tertiary/aromatic N) is 1. The van der Waals surface area contributed by atoms with Crippen molar-refractivity contribution in [1.82, 2.24) is 0 Å². The van der Waals surface area contributed by atoms with Crippen LogP contribution >= 0.6 is 11.6 Å². The van der Waals surface area contributed by atoms with E-state index in [0.717, 1.165) is 6.92 Å². The second-order valence-electron chi connectivity index (χ2n) is 2.51. The minimum Gasteiger partial charge on any atom is -0.476 e. The zero-order valence-electron chi connectivity index (χ0n) is 9.14. The average Bonchev–Trinajstić information content (AvgIpc) is 2.19. The van der Waals surface area contributed by atoms with Crippen LogP contribution < -0.4 is 51.4 Å². The van der Waals surface area contributed by atoms with Gasteiger partial charge in [-0.05, 0) is 0 Å². The maximum absolute atomic E-state index is 10.1. The molecule has 17 heavy (non-hydrogen) atoms. The van der Waals surface area contributed by atoms with Gasteiger partial charge in [-0.25, -0.2) is 4.79 Å². The Labute approximate surface area is 145 Å².